The molecule has 1 aromatic rings. The van der Waals surface area contributed by atoms with Crippen molar-refractivity contribution in [3.05, 3.63) is 30.3 Å². The van der Waals surface area contributed by atoms with Crippen LogP contribution in [0.25, 0.3) is 0 Å². The SMILES string of the molecule is O=C(COCC1CCCNC1)Nc1ccccc1. The van der Waals surface area contributed by atoms with Gasteiger partial charge < -0.3 is 15.4 Å². The minimum absolute atomic E-state index is 0.0926. The number of hydrogen-bond donors (Lipinski definition) is 2. The Hall–Kier alpha value is -1.39. The first kappa shape index (κ1) is 13.1. The molecule has 1 heterocycles. The van der Waals surface area contributed by atoms with Crippen molar-refractivity contribution in [1.82, 2.24) is 5.32 Å². The molecular formula is C14H20N2O2. The molecule has 98 valence electrons. The van der Waals surface area contributed by atoms with Gasteiger partial charge in [0.2, 0.25) is 5.91 Å². The molecule has 18 heavy (non-hydrogen) atoms. The van der Waals surface area contributed by atoms with E-state index in [1.807, 2.05) is 30.3 Å². The zero-order valence-corrected chi connectivity index (χ0v) is 10.5. The lowest BCUT2D eigenvalue weighted by Gasteiger charge is -2.22. The number of piperidine rings is 1. The van der Waals surface area contributed by atoms with Crippen LogP contribution in [-0.2, 0) is 9.53 Å². The van der Waals surface area contributed by atoms with Crippen LogP contribution in [-0.4, -0.2) is 32.2 Å². The topological polar surface area (TPSA) is 50.4 Å². The highest BCUT2D eigenvalue weighted by Gasteiger charge is 2.13. The van der Waals surface area contributed by atoms with Crippen LogP contribution in [0, 0.1) is 5.92 Å². The molecule has 0 saturated carbocycles. The largest absolute Gasteiger partial charge is 0.371 e. The molecule has 1 unspecified atom stereocenters. The van der Waals surface area contributed by atoms with Crippen molar-refractivity contribution in [2.75, 3.05) is 31.6 Å². The van der Waals surface area contributed by atoms with Crippen molar-refractivity contribution in [2.45, 2.75) is 12.8 Å². The Morgan fingerprint density at radius 2 is 2.22 bits per heavy atom. The van der Waals surface area contributed by atoms with Gasteiger partial charge in [-0.2, -0.15) is 0 Å². The molecular weight excluding hydrogens is 228 g/mol. The van der Waals surface area contributed by atoms with E-state index in [0.29, 0.717) is 12.5 Å². The number of anilines is 1. The summed E-state index contributed by atoms with van der Waals surface area (Å²) in [6, 6.07) is 9.43. The lowest BCUT2D eigenvalue weighted by atomic mass is 10.0. The molecule has 1 fully saturated rings. The van der Waals surface area contributed by atoms with Gasteiger partial charge >= 0.3 is 0 Å². The number of amides is 1. The maximum Gasteiger partial charge on any atom is 0.250 e. The predicted octanol–water partition coefficient (Wildman–Crippen LogP) is 1.64. The second kappa shape index (κ2) is 7.13. The number of ether oxygens (including phenoxy) is 1. The third-order valence-corrected chi connectivity index (χ3v) is 3.04. The van der Waals surface area contributed by atoms with Crippen LogP contribution in [0.1, 0.15) is 12.8 Å². The monoisotopic (exact) mass is 248 g/mol. The maximum absolute atomic E-state index is 11.6. The quantitative estimate of drug-likeness (QED) is 0.833. The second-order valence-electron chi connectivity index (χ2n) is 4.64. The highest BCUT2D eigenvalue weighted by Crippen LogP contribution is 2.10. The molecule has 2 rings (SSSR count). The summed E-state index contributed by atoms with van der Waals surface area (Å²) in [5.74, 6) is 0.452. The lowest BCUT2D eigenvalue weighted by molar-refractivity contribution is -0.121. The zero-order chi connectivity index (χ0) is 12.6. The molecule has 0 radical (unpaired) electrons. The van der Waals surface area contributed by atoms with Gasteiger partial charge in [-0.25, -0.2) is 0 Å². The van der Waals surface area contributed by atoms with Crippen molar-refractivity contribution in [3.8, 4) is 0 Å². The molecule has 1 aliphatic rings. The number of para-hydroxylation sites is 1. The summed E-state index contributed by atoms with van der Waals surface area (Å²) >= 11 is 0. The molecule has 1 aromatic carbocycles. The van der Waals surface area contributed by atoms with Crippen LogP contribution in [0.15, 0.2) is 30.3 Å². The standard InChI is InChI=1S/C14H20N2O2/c17-14(16-13-6-2-1-3-7-13)11-18-10-12-5-4-8-15-9-12/h1-3,6-7,12,15H,4-5,8-11H2,(H,16,17). The van der Waals surface area contributed by atoms with E-state index < -0.39 is 0 Å². The van der Waals surface area contributed by atoms with Gasteiger partial charge in [0.05, 0.1) is 6.61 Å². The summed E-state index contributed by atoms with van der Waals surface area (Å²) in [5.41, 5.74) is 0.811. The van der Waals surface area contributed by atoms with Gasteiger partial charge in [0, 0.05) is 12.2 Å². The smallest absolute Gasteiger partial charge is 0.250 e. The van der Waals surface area contributed by atoms with E-state index >= 15 is 0 Å². The third kappa shape index (κ3) is 4.47. The summed E-state index contributed by atoms with van der Waals surface area (Å²) in [6.45, 7) is 2.89. The van der Waals surface area contributed by atoms with E-state index in [1.165, 1.54) is 12.8 Å². The minimum atomic E-state index is -0.0926. The first-order chi connectivity index (χ1) is 8.84. The third-order valence-electron chi connectivity index (χ3n) is 3.04. The number of hydrogen-bond acceptors (Lipinski definition) is 3. The minimum Gasteiger partial charge on any atom is -0.371 e. The van der Waals surface area contributed by atoms with E-state index in [0.717, 1.165) is 18.8 Å². The van der Waals surface area contributed by atoms with Gasteiger partial charge in [-0.05, 0) is 37.4 Å². The van der Waals surface area contributed by atoms with Crippen LogP contribution in [0.2, 0.25) is 0 Å². The molecule has 0 bridgehead atoms. The number of carbonyl (C=O) groups excluding carboxylic acids is 1. The van der Waals surface area contributed by atoms with Crippen LogP contribution in [0.3, 0.4) is 0 Å². The van der Waals surface area contributed by atoms with E-state index in [1.54, 1.807) is 0 Å². The van der Waals surface area contributed by atoms with Gasteiger partial charge in [0.15, 0.2) is 0 Å². The van der Waals surface area contributed by atoms with Crippen LogP contribution >= 0.6 is 0 Å². The Labute approximate surface area is 108 Å². The van der Waals surface area contributed by atoms with Crippen LogP contribution in [0.5, 0.6) is 0 Å². The van der Waals surface area contributed by atoms with Crippen LogP contribution in [0.4, 0.5) is 5.69 Å². The van der Waals surface area contributed by atoms with Gasteiger partial charge in [-0.15, -0.1) is 0 Å². The van der Waals surface area contributed by atoms with E-state index in [-0.39, 0.29) is 12.5 Å². The predicted molar refractivity (Wildman–Crippen MR) is 71.5 cm³/mol. The van der Waals surface area contributed by atoms with Crippen molar-refractivity contribution in [3.63, 3.8) is 0 Å². The Morgan fingerprint density at radius 3 is 2.94 bits per heavy atom. The van der Waals surface area contributed by atoms with Crippen LogP contribution < -0.4 is 10.6 Å². The summed E-state index contributed by atoms with van der Waals surface area (Å²) in [4.78, 5) is 11.6. The molecule has 1 aliphatic heterocycles. The number of benzene rings is 1. The fourth-order valence-electron chi connectivity index (χ4n) is 2.10. The van der Waals surface area contributed by atoms with Crippen molar-refractivity contribution >= 4 is 11.6 Å². The van der Waals surface area contributed by atoms with Gasteiger partial charge in [0.25, 0.3) is 0 Å². The molecule has 0 spiro atoms. The molecule has 1 amide bonds. The molecule has 0 aliphatic carbocycles. The second-order valence-corrected chi connectivity index (χ2v) is 4.64. The highest BCUT2D eigenvalue weighted by molar-refractivity contribution is 5.91. The fraction of sp³-hybridized carbons (Fsp3) is 0.500. The average Bonchev–Trinajstić information content (AvgIpc) is 2.41. The number of nitrogens with one attached hydrogen (secondary N) is 2. The zero-order valence-electron chi connectivity index (χ0n) is 10.5. The summed E-state index contributed by atoms with van der Waals surface area (Å²) in [6.07, 6.45) is 2.39. The molecule has 0 aromatic heterocycles. The Morgan fingerprint density at radius 1 is 1.39 bits per heavy atom. The number of rotatable bonds is 5. The first-order valence-electron chi connectivity index (χ1n) is 6.48. The average molecular weight is 248 g/mol. The lowest BCUT2D eigenvalue weighted by Crippen LogP contribution is -2.33. The maximum atomic E-state index is 11.6. The Bertz CT molecular complexity index is 361. The van der Waals surface area contributed by atoms with Gasteiger partial charge in [0.1, 0.15) is 6.61 Å². The normalized spacial score (nSPS) is 19.4. The van der Waals surface area contributed by atoms with Crippen molar-refractivity contribution < 1.29 is 9.53 Å². The number of carbonyl (C=O) groups is 1. The molecule has 1 atom stereocenters. The molecule has 4 heteroatoms. The first-order valence-corrected chi connectivity index (χ1v) is 6.48. The molecule has 1 saturated heterocycles. The fourth-order valence-corrected chi connectivity index (χ4v) is 2.10. The summed E-state index contributed by atoms with van der Waals surface area (Å²) < 4.78 is 5.46. The van der Waals surface area contributed by atoms with Crippen molar-refractivity contribution in [1.29, 1.82) is 0 Å². The Balaban J connectivity index is 1.62. The van der Waals surface area contributed by atoms with Gasteiger partial charge in [-0.1, -0.05) is 18.2 Å². The Kier molecular flexibility index (Phi) is 5.17. The highest BCUT2D eigenvalue weighted by atomic mass is 16.5. The molecule has 4 nitrogen and oxygen atoms in total. The van der Waals surface area contributed by atoms with Gasteiger partial charge in [-0.3, -0.25) is 4.79 Å². The summed E-state index contributed by atoms with van der Waals surface area (Å²) in [7, 11) is 0. The summed E-state index contributed by atoms with van der Waals surface area (Å²) in [5, 5.41) is 6.13. The van der Waals surface area contributed by atoms with E-state index in [4.69, 9.17) is 4.74 Å². The van der Waals surface area contributed by atoms with E-state index in [9.17, 15) is 4.79 Å². The van der Waals surface area contributed by atoms with Crippen molar-refractivity contribution in [2.24, 2.45) is 5.92 Å². The molecule has 2 N–H and O–H groups in total. The van der Waals surface area contributed by atoms with E-state index in [2.05, 4.69) is 10.6 Å².